The number of hydrazone groups is 1. The maximum absolute atomic E-state index is 12.8. The minimum atomic E-state index is -1.29. The number of nitrogens with zero attached hydrogens (tertiary/aromatic N) is 2. The number of anilines is 1. The molecule has 1 saturated heterocycles. The zero-order chi connectivity index (χ0) is 21.1. The number of carbonyl (C=O) groups is 3. The summed E-state index contributed by atoms with van der Waals surface area (Å²) in [6, 6.07) is 10.7. The Bertz CT molecular complexity index is 1040. The normalized spacial score (nSPS) is 16.9. The summed E-state index contributed by atoms with van der Waals surface area (Å²) in [5, 5.41) is 7.07. The number of hydrogen-bond donors (Lipinski definition) is 2. The molecule has 2 aromatic rings. The van der Waals surface area contributed by atoms with Crippen molar-refractivity contribution in [3.05, 3.63) is 63.1 Å². The van der Waals surface area contributed by atoms with Crippen molar-refractivity contribution in [2.45, 2.75) is 0 Å². The van der Waals surface area contributed by atoms with Crippen LogP contribution in [0.4, 0.5) is 5.69 Å². The molecule has 1 heterocycles. The number of thiocarbonyl (C=S) groups is 1. The molecule has 11 heteroatoms. The summed E-state index contributed by atoms with van der Waals surface area (Å²) in [4.78, 5) is 38.3. The lowest BCUT2D eigenvalue weighted by atomic mass is 10.1. The quantitative estimate of drug-likeness (QED) is 0.311. The van der Waals surface area contributed by atoms with Crippen LogP contribution in [0.1, 0.15) is 10.4 Å². The van der Waals surface area contributed by atoms with Crippen molar-refractivity contribution in [1.82, 2.24) is 10.7 Å². The summed E-state index contributed by atoms with van der Waals surface area (Å²) in [5.41, 5.74) is 2.79. The van der Waals surface area contributed by atoms with E-state index in [2.05, 4.69) is 15.8 Å². The lowest BCUT2D eigenvalue weighted by molar-refractivity contribution is -0.130. The van der Waals surface area contributed by atoms with E-state index in [1.54, 1.807) is 24.3 Å². The van der Waals surface area contributed by atoms with Crippen molar-refractivity contribution in [3.63, 3.8) is 0 Å². The largest absolute Gasteiger partial charge is 0.301 e. The second kappa shape index (κ2) is 8.87. The van der Waals surface area contributed by atoms with Crippen LogP contribution in [0.25, 0.3) is 0 Å². The number of rotatable bonds is 4. The third kappa shape index (κ3) is 4.73. The van der Waals surface area contributed by atoms with Crippen LogP contribution in [0.2, 0.25) is 15.1 Å². The monoisotopic (exact) mass is 468 g/mol. The molecule has 0 aromatic heterocycles. The van der Waals surface area contributed by atoms with Crippen LogP contribution >= 0.6 is 47.0 Å². The van der Waals surface area contributed by atoms with E-state index in [-0.39, 0.29) is 15.7 Å². The SMILES string of the molecule is O=C(N/N=C\[C@H]1C(=O)NC(=S)N(c2ccc(Cl)cc2)C1=O)c1ccc(Cl)cc1Cl. The van der Waals surface area contributed by atoms with Crippen molar-refractivity contribution >= 4 is 81.8 Å². The molecule has 0 aliphatic carbocycles. The van der Waals surface area contributed by atoms with Gasteiger partial charge in [0.05, 0.1) is 16.3 Å². The summed E-state index contributed by atoms with van der Waals surface area (Å²) in [6.45, 7) is 0. The van der Waals surface area contributed by atoms with E-state index in [0.29, 0.717) is 15.7 Å². The smallest absolute Gasteiger partial charge is 0.272 e. The van der Waals surface area contributed by atoms with Crippen molar-refractivity contribution in [2.75, 3.05) is 4.90 Å². The van der Waals surface area contributed by atoms with Crippen molar-refractivity contribution < 1.29 is 14.4 Å². The fourth-order valence-corrected chi connectivity index (χ4v) is 3.38. The van der Waals surface area contributed by atoms with Crippen LogP contribution < -0.4 is 15.6 Å². The second-order valence-electron chi connectivity index (χ2n) is 5.77. The Balaban J connectivity index is 1.75. The maximum Gasteiger partial charge on any atom is 0.272 e. The van der Waals surface area contributed by atoms with Gasteiger partial charge >= 0.3 is 0 Å². The summed E-state index contributed by atoms with van der Waals surface area (Å²) >= 11 is 22.7. The van der Waals surface area contributed by atoms with Crippen molar-refractivity contribution in [3.8, 4) is 0 Å². The first-order valence-corrected chi connectivity index (χ1v) is 9.55. The van der Waals surface area contributed by atoms with Gasteiger partial charge in [0.1, 0.15) is 0 Å². The lowest BCUT2D eigenvalue weighted by Crippen LogP contribution is -2.58. The fourth-order valence-electron chi connectivity index (χ4n) is 2.46. The summed E-state index contributed by atoms with van der Waals surface area (Å²) in [7, 11) is 0. The van der Waals surface area contributed by atoms with Gasteiger partial charge in [-0.15, -0.1) is 0 Å². The molecule has 3 rings (SSSR count). The molecule has 1 aliphatic rings. The predicted octanol–water partition coefficient (Wildman–Crippen LogP) is 3.43. The third-order valence-electron chi connectivity index (χ3n) is 3.85. The van der Waals surface area contributed by atoms with Gasteiger partial charge in [0.25, 0.3) is 11.8 Å². The number of halogens is 3. The molecule has 0 unspecified atom stereocenters. The minimum Gasteiger partial charge on any atom is -0.301 e. The molecule has 1 aliphatic heterocycles. The van der Waals surface area contributed by atoms with Gasteiger partial charge in [-0.05, 0) is 54.7 Å². The molecular weight excluding hydrogens is 459 g/mol. The molecule has 148 valence electrons. The van der Waals surface area contributed by atoms with E-state index in [9.17, 15) is 14.4 Å². The van der Waals surface area contributed by atoms with Gasteiger partial charge in [-0.1, -0.05) is 34.8 Å². The van der Waals surface area contributed by atoms with Gasteiger partial charge in [0.2, 0.25) is 5.91 Å². The molecule has 2 aromatic carbocycles. The number of carbonyl (C=O) groups excluding carboxylic acids is 3. The van der Waals surface area contributed by atoms with Gasteiger partial charge in [0.15, 0.2) is 11.0 Å². The maximum atomic E-state index is 12.8. The summed E-state index contributed by atoms with van der Waals surface area (Å²) < 4.78 is 0. The molecule has 1 fully saturated rings. The van der Waals surface area contributed by atoms with Crippen LogP contribution in [0.15, 0.2) is 47.6 Å². The van der Waals surface area contributed by atoms with Crippen molar-refractivity contribution in [1.29, 1.82) is 0 Å². The highest BCUT2D eigenvalue weighted by Gasteiger charge is 2.38. The zero-order valence-corrected chi connectivity index (χ0v) is 17.4. The highest BCUT2D eigenvalue weighted by atomic mass is 35.5. The highest BCUT2D eigenvalue weighted by molar-refractivity contribution is 7.80. The Morgan fingerprint density at radius 2 is 1.76 bits per heavy atom. The highest BCUT2D eigenvalue weighted by Crippen LogP contribution is 2.23. The molecule has 29 heavy (non-hydrogen) atoms. The first kappa shape index (κ1) is 21.2. The number of amides is 3. The van der Waals surface area contributed by atoms with Gasteiger partial charge in [-0.3, -0.25) is 19.3 Å². The summed E-state index contributed by atoms with van der Waals surface area (Å²) in [5.74, 6) is -3.20. The van der Waals surface area contributed by atoms with Gasteiger partial charge in [-0.25, -0.2) is 5.43 Å². The third-order valence-corrected chi connectivity index (χ3v) is 4.94. The van der Waals surface area contributed by atoms with Gasteiger partial charge in [0, 0.05) is 16.3 Å². The van der Waals surface area contributed by atoms with Crippen LogP contribution in [0, 0.1) is 5.92 Å². The molecular formula is C18H11Cl3N4O3S. The van der Waals surface area contributed by atoms with E-state index in [4.69, 9.17) is 47.0 Å². The Kier molecular flexibility index (Phi) is 6.49. The van der Waals surface area contributed by atoms with Gasteiger partial charge < -0.3 is 5.32 Å². The van der Waals surface area contributed by atoms with E-state index in [1.807, 2.05) is 0 Å². The number of benzene rings is 2. The first-order chi connectivity index (χ1) is 13.8. The molecule has 0 spiro atoms. The van der Waals surface area contributed by atoms with E-state index >= 15 is 0 Å². The minimum absolute atomic E-state index is 0.0658. The van der Waals surface area contributed by atoms with E-state index < -0.39 is 23.6 Å². The second-order valence-corrected chi connectivity index (χ2v) is 7.43. The molecule has 3 amide bonds. The molecule has 7 nitrogen and oxygen atoms in total. The average Bonchev–Trinajstić information content (AvgIpc) is 2.65. The molecule has 0 bridgehead atoms. The van der Waals surface area contributed by atoms with Crippen LogP contribution in [0.5, 0.6) is 0 Å². The average molecular weight is 470 g/mol. The van der Waals surface area contributed by atoms with E-state index in [1.165, 1.54) is 18.2 Å². The Hall–Kier alpha value is -2.52. The van der Waals surface area contributed by atoms with Crippen LogP contribution in [-0.2, 0) is 9.59 Å². The predicted molar refractivity (Wildman–Crippen MR) is 116 cm³/mol. The first-order valence-electron chi connectivity index (χ1n) is 8.01. The van der Waals surface area contributed by atoms with Crippen LogP contribution in [-0.4, -0.2) is 29.0 Å². The number of hydrogen-bond acceptors (Lipinski definition) is 5. The standard InChI is InChI=1S/C18H11Cl3N4O3S/c19-9-1-4-11(5-2-9)25-17(28)13(15(26)23-18(25)29)8-22-24-16(27)12-6-3-10(20)7-14(12)21/h1-8,13H,(H,24,27)(H,23,26,29)/b22-8-/t13-/m0/s1. The molecule has 1 atom stereocenters. The van der Waals surface area contributed by atoms with Crippen molar-refractivity contribution in [2.24, 2.45) is 11.0 Å². The van der Waals surface area contributed by atoms with E-state index in [0.717, 1.165) is 11.1 Å². The molecule has 2 N–H and O–H groups in total. The lowest BCUT2D eigenvalue weighted by Gasteiger charge is -2.30. The molecule has 0 radical (unpaired) electrons. The Labute approximate surface area is 185 Å². The summed E-state index contributed by atoms with van der Waals surface area (Å²) in [6.07, 6.45) is 1.02. The molecule has 0 saturated carbocycles. The topological polar surface area (TPSA) is 90.9 Å². The van der Waals surface area contributed by atoms with Gasteiger partial charge in [-0.2, -0.15) is 5.10 Å². The van der Waals surface area contributed by atoms with Crippen LogP contribution in [0.3, 0.4) is 0 Å². The fraction of sp³-hybridized carbons (Fsp3) is 0.0556. The Morgan fingerprint density at radius 1 is 1.10 bits per heavy atom. The zero-order valence-electron chi connectivity index (χ0n) is 14.4. The number of nitrogens with one attached hydrogen (secondary N) is 2. The Morgan fingerprint density at radius 3 is 2.41 bits per heavy atom.